The van der Waals surface area contributed by atoms with E-state index in [0.717, 1.165) is 16.7 Å². The molecule has 1 aromatic heterocycles. The van der Waals surface area contributed by atoms with Crippen LogP contribution in [0.4, 0.5) is 0 Å². The van der Waals surface area contributed by atoms with Crippen LogP contribution in [0.1, 0.15) is 44.4 Å². The molecule has 1 unspecified atom stereocenters. The molecular weight excluding hydrogens is 376 g/mol. The van der Waals surface area contributed by atoms with Crippen molar-refractivity contribution in [1.29, 1.82) is 0 Å². The lowest BCUT2D eigenvalue weighted by atomic mass is 9.98. The van der Waals surface area contributed by atoms with E-state index in [4.69, 9.17) is 9.47 Å². The van der Waals surface area contributed by atoms with Crippen LogP contribution in [0.15, 0.2) is 73.0 Å². The Morgan fingerprint density at radius 1 is 1.23 bits per heavy atom. The molecule has 0 aliphatic rings. The summed E-state index contributed by atoms with van der Waals surface area (Å²) in [5.41, 5.74) is 3.07. The number of pyridine rings is 1. The number of carbonyl (C=O) groups excluding carboxylic acids is 1. The third-order valence-electron chi connectivity index (χ3n) is 5.04. The van der Waals surface area contributed by atoms with Gasteiger partial charge in [-0.15, -0.1) is 0 Å². The van der Waals surface area contributed by atoms with Gasteiger partial charge in [-0.1, -0.05) is 55.1 Å². The Morgan fingerprint density at radius 3 is 2.53 bits per heavy atom. The molecular formula is C25H32N2O3. The summed E-state index contributed by atoms with van der Waals surface area (Å²) in [4.78, 5) is 19.1. The lowest BCUT2D eigenvalue weighted by Crippen LogP contribution is -2.38. The van der Waals surface area contributed by atoms with Crippen molar-refractivity contribution < 1.29 is 14.3 Å². The molecule has 0 aliphatic carbocycles. The lowest BCUT2D eigenvalue weighted by Gasteiger charge is -2.37. The van der Waals surface area contributed by atoms with E-state index >= 15 is 0 Å². The third-order valence-corrected chi connectivity index (χ3v) is 5.04. The van der Waals surface area contributed by atoms with Crippen LogP contribution in [0.2, 0.25) is 0 Å². The average Bonchev–Trinajstić information content (AvgIpc) is 2.77. The molecule has 0 N–H and O–H groups in total. The first-order valence-corrected chi connectivity index (χ1v) is 10.3. The molecule has 1 heterocycles. The van der Waals surface area contributed by atoms with Crippen LogP contribution < -0.4 is 4.74 Å². The van der Waals surface area contributed by atoms with Gasteiger partial charge in [0.15, 0.2) is 0 Å². The molecule has 0 radical (unpaired) electrons. The average molecular weight is 409 g/mol. The second kappa shape index (κ2) is 11.9. The molecule has 5 nitrogen and oxygen atoms in total. The van der Waals surface area contributed by atoms with E-state index in [9.17, 15) is 4.79 Å². The molecule has 0 bridgehead atoms. The summed E-state index contributed by atoms with van der Waals surface area (Å²) in [7, 11) is 1.59. The molecule has 0 saturated carbocycles. The van der Waals surface area contributed by atoms with E-state index in [1.165, 1.54) is 0 Å². The molecule has 2 atom stereocenters. The minimum absolute atomic E-state index is 0.00272. The number of aromatic nitrogens is 1. The van der Waals surface area contributed by atoms with Crippen LogP contribution in [-0.4, -0.2) is 35.6 Å². The Labute approximate surface area is 180 Å². The van der Waals surface area contributed by atoms with Crippen LogP contribution in [0.5, 0.6) is 5.88 Å². The fourth-order valence-corrected chi connectivity index (χ4v) is 3.39. The predicted molar refractivity (Wildman–Crippen MR) is 120 cm³/mol. The molecule has 160 valence electrons. The number of hydrogen-bond acceptors (Lipinski definition) is 5. The number of nitrogens with zero attached hydrogens (tertiary/aromatic N) is 2. The van der Waals surface area contributed by atoms with E-state index in [1.54, 1.807) is 13.3 Å². The van der Waals surface area contributed by atoms with E-state index in [2.05, 4.69) is 35.5 Å². The topological polar surface area (TPSA) is 51.7 Å². The predicted octanol–water partition coefficient (Wildman–Crippen LogP) is 5.11. The van der Waals surface area contributed by atoms with Gasteiger partial charge in [0.2, 0.25) is 5.88 Å². The Morgan fingerprint density at radius 2 is 1.97 bits per heavy atom. The van der Waals surface area contributed by atoms with Crippen molar-refractivity contribution >= 4 is 5.97 Å². The van der Waals surface area contributed by atoms with Gasteiger partial charge in [0, 0.05) is 30.9 Å². The van der Waals surface area contributed by atoms with Gasteiger partial charge in [0.05, 0.1) is 20.1 Å². The van der Waals surface area contributed by atoms with Gasteiger partial charge < -0.3 is 9.47 Å². The maximum Gasteiger partial charge on any atom is 0.307 e. The number of carbonyl (C=O) groups is 1. The Balaban J connectivity index is 2.47. The second-order valence-electron chi connectivity index (χ2n) is 7.07. The summed E-state index contributed by atoms with van der Waals surface area (Å²) in [6.07, 6.45) is 5.99. The van der Waals surface area contributed by atoms with Crippen molar-refractivity contribution in [2.75, 3.05) is 13.7 Å². The minimum atomic E-state index is -0.236. The zero-order chi connectivity index (χ0) is 21.9. The molecule has 1 aromatic carbocycles. The molecule has 2 rings (SSSR count). The lowest BCUT2D eigenvalue weighted by molar-refractivity contribution is -0.144. The fourth-order valence-electron chi connectivity index (χ4n) is 3.39. The summed E-state index contributed by atoms with van der Waals surface area (Å²) in [6, 6.07) is 13.8. The molecule has 0 aliphatic heterocycles. The fraction of sp³-hybridized carbons (Fsp3) is 0.360. The van der Waals surface area contributed by atoms with Crippen LogP contribution in [0, 0.1) is 0 Å². The molecule has 5 heteroatoms. The highest BCUT2D eigenvalue weighted by Gasteiger charge is 2.29. The molecule has 0 spiro atoms. The number of ether oxygens (including phenoxy) is 2. The van der Waals surface area contributed by atoms with Crippen molar-refractivity contribution in [3.63, 3.8) is 0 Å². The molecule has 0 fully saturated rings. The van der Waals surface area contributed by atoms with Crippen molar-refractivity contribution in [3.8, 4) is 5.88 Å². The Kier molecular flexibility index (Phi) is 9.29. The molecule has 0 amide bonds. The van der Waals surface area contributed by atoms with Crippen molar-refractivity contribution in [3.05, 3.63) is 84.1 Å². The number of esters is 1. The molecule has 2 aromatic rings. The second-order valence-corrected chi connectivity index (χ2v) is 7.07. The SMILES string of the molecule is C=C(/C=C\C)C(C)N(Cc1ccccc1)[C@@H](CC(=O)OCC)c1ccc(OC)nc1. The summed E-state index contributed by atoms with van der Waals surface area (Å²) in [5.74, 6) is 0.301. The third kappa shape index (κ3) is 6.56. The van der Waals surface area contributed by atoms with Gasteiger partial charge in [-0.25, -0.2) is 4.98 Å². The van der Waals surface area contributed by atoms with E-state index in [1.807, 2.05) is 56.3 Å². The van der Waals surface area contributed by atoms with Gasteiger partial charge in [0.25, 0.3) is 0 Å². The first kappa shape index (κ1) is 23.4. The van der Waals surface area contributed by atoms with Crippen LogP contribution >= 0.6 is 0 Å². The largest absolute Gasteiger partial charge is 0.481 e. The highest BCUT2D eigenvalue weighted by atomic mass is 16.5. The van der Waals surface area contributed by atoms with Crippen LogP contribution in [-0.2, 0) is 16.1 Å². The van der Waals surface area contributed by atoms with Gasteiger partial charge in [-0.05, 0) is 37.5 Å². The number of benzene rings is 1. The Hall–Kier alpha value is -2.92. The maximum atomic E-state index is 12.5. The summed E-state index contributed by atoms with van der Waals surface area (Å²) < 4.78 is 10.5. The van der Waals surface area contributed by atoms with Gasteiger partial charge in [-0.2, -0.15) is 0 Å². The highest BCUT2D eigenvalue weighted by molar-refractivity contribution is 5.70. The molecule has 0 saturated heterocycles. The summed E-state index contributed by atoms with van der Waals surface area (Å²) in [6.45, 7) is 11.2. The zero-order valence-electron chi connectivity index (χ0n) is 18.4. The van der Waals surface area contributed by atoms with E-state index in [0.29, 0.717) is 19.0 Å². The van der Waals surface area contributed by atoms with Gasteiger partial charge in [0.1, 0.15) is 0 Å². The van der Waals surface area contributed by atoms with Crippen molar-refractivity contribution in [2.24, 2.45) is 0 Å². The first-order valence-electron chi connectivity index (χ1n) is 10.3. The summed E-state index contributed by atoms with van der Waals surface area (Å²) >= 11 is 0. The zero-order valence-corrected chi connectivity index (χ0v) is 18.4. The number of rotatable bonds is 11. The normalized spacial score (nSPS) is 13.2. The highest BCUT2D eigenvalue weighted by Crippen LogP contribution is 2.31. The van der Waals surface area contributed by atoms with Crippen LogP contribution in [0.25, 0.3) is 0 Å². The van der Waals surface area contributed by atoms with Crippen LogP contribution in [0.3, 0.4) is 0 Å². The maximum absolute atomic E-state index is 12.5. The monoisotopic (exact) mass is 408 g/mol. The number of methoxy groups -OCH3 is 1. The number of allylic oxidation sites excluding steroid dienone is 1. The van der Waals surface area contributed by atoms with Crippen molar-refractivity contribution in [2.45, 2.75) is 45.8 Å². The quantitative estimate of drug-likeness (QED) is 0.382. The minimum Gasteiger partial charge on any atom is -0.481 e. The first-order chi connectivity index (χ1) is 14.5. The smallest absolute Gasteiger partial charge is 0.307 e. The Bertz CT molecular complexity index is 831. The van der Waals surface area contributed by atoms with E-state index < -0.39 is 0 Å². The van der Waals surface area contributed by atoms with Gasteiger partial charge in [-0.3, -0.25) is 9.69 Å². The number of hydrogen-bond donors (Lipinski definition) is 0. The van der Waals surface area contributed by atoms with Crippen molar-refractivity contribution in [1.82, 2.24) is 9.88 Å². The van der Waals surface area contributed by atoms with Gasteiger partial charge >= 0.3 is 5.97 Å². The van der Waals surface area contributed by atoms with E-state index in [-0.39, 0.29) is 24.5 Å². The standard InChI is InChI=1S/C25H32N2O3/c1-6-11-19(3)20(4)27(18-21-12-9-8-10-13-21)23(16-25(28)30-7-2)22-14-15-24(29-5)26-17-22/h6,8-15,17,20,23H,3,7,16,18H2,1-2,4-5H3/b11-6-/t20?,23-/m0/s1. The molecule has 30 heavy (non-hydrogen) atoms. The summed E-state index contributed by atoms with van der Waals surface area (Å²) in [5, 5.41) is 0.